The highest BCUT2D eigenvalue weighted by Gasteiger charge is 2.22. The van der Waals surface area contributed by atoms with Crippen molar-refractivity contribution in [1.82, 2.24) is 10.3 Å². The molecule has 1 aromatic rings. The highest BCUT2D eigenvalue weighted by molar-refractivity contribution is 7.09. The zero-order valence-electron chi connectivity index (χ0n) is 17.2. The van der Waals surface area contributed by atoms with E-state index in [1.54, 1.807) is 24.6 Å². The van der Waals surface area contributed by atoms with E-state index in [2.05, 4.69) is 16.9 Å². The van der Waals surface area contributed by atoms with Crippen LogP contribution in [-0.4, -0.2) is 39.4 Å². The molecule has 1 heterocycles. The van der Waals surface area contributed by atoms with Crippen LogP contribution in [0.2, 0.25) is 0 Å². The second kappa shape index (κ2) is 14.7. The number of thiazole rings is 1. The molecule has 0 aromatic carbocycles. The molecule has 0 saturated heterocycles. The predicted octanol–water partition coefficient (Wildman–Crippen LogP) is 6.62. The van der Waals surface area contributed by atoms with E-state index in [1.807, 2.05) is 0 Å². The number of nitrogens with zero attached hydrogens (tertiary/aromatic N) is 1. The smallest absolute Gasteiger partial charge is 0.270 e. The van der Waals surface area contributed by atoms with E-state index in [-0.39, 0.29) is 21.2 Å². The number of hydrogen-bond donors (Lipinski definition) is 2. The highest BCUT2D eigenvalue weighted by atomic mass is 35.5. The summed E-state index contributed by atoms with van der Waals surface area (Å²) in [6, 6.07) is 0. The molecule has 1 amide bonds. The van der Waals surface area contributed by atoms with Crippen molar-refractivity contribution < 1.29 is 9.90 Å². The van der Waals surface area contributed by atoms with Crippen LogP contribution in [-0.2, 0) is 6.42 Å². The quantitative estimate of drug-likeness (QED) is 0.157. The van der Waals surface area contributed by atoms with Gasteiger partial charge in [-0.05, 0) is 38.5 Å². The number of allylic oxidation sites excluding steroid dienone is 1. The SMILES string of the molecule is C=C[C@@](O)(CCCC[C@@H](Cl)Cc1nc(C(=O)NC)cs1)CCC[C@H](Cl)CC=C(Cl)Cl. The number of unbranched alkanes of at least 4 members (excludes halogenated alkanes) is 1. The standard InChI is InChI=1S/C21H30Cl4N2O2S/c1-3-21(29,12-6-8-15(22)9-10-18(24)25)11-5-4-7-16(23)13-19-27-17(14-30-19)20(28)26-2/h3,10,14-16,29H,1,4-9,11-13H2,2H3,(H,26,28)/t15-,16+,21+/m0/s1. The Labute approximate surface area is 203 Å². The Morgan fingerprint density at radius 1 is 1.27 bits per heavy atom. The maximum atomic E-state index is 11.6. The van der Waals surface area contributed by atoms with Crippen LogP contribution in [0.4, 0.5) is 0 Å². The van der Waals surface area contributed by atoms with Crippen LogP contribution in [0, 0.1) is 0 Å². The normalized spacial score (nSPS) is 15.1. The number of alkyl halides is 2. The van der Waals surface area contributed by atoms with Gasteiger partial charge in [-0.3, -0.25) is 4.79 Å². The number of amides is 1. The zero-order chi connectivity index (χ0) is 22.6. The van der Waals surface area contributed by atoms with E-state index in [1.165, 1.54) is 11.3 Å². The number of rotatable bonds is 15. The van der Waals surface area contributed by atoms with E-state index in [9.17, 15) is 9.90 Å². The number of carbonyl (C=O) groups excluding carboxylic acids is 1. The van der Waals surface area contributed by atoms with Gasteiger partial charge < -0.3 is 10.4 Å². The van der Waals surface area contributed by atoms with Gasteiger partial charge in [0, 0.05) is 29.6 Å². The van der Waals surface area contributed by atoms with E-state index in [0.29, 0.717) is 31.4 Å². The molecule has 4 nitrogen and oxygen atoms in total. The molecule has 0 unspecified atom stereocenters. The number of aliphatic hydroxyl groups is 1. The molecular weight excluding hydrogens is 486 g/mol. The van der Waals surface area contributed by atoms with Gasteiger partial charge in [-0.15, -0.1) is 41.1 Å². The molecule has 0 aliphatic rings. The van der Waals surface area contributed by atoms with Crippen molar-refractivity contribution in [1.29, 1.82) is 0 Å². The maximum Gasteiger partial charge on any atom is 0.270 e. The molecule has 0 bridgehead atoms. The van der Waals surface area contributed by atoms with Crippen LogP contribution < -0.4 is 5.32 Å². The lowest BCUT2D eigenvalue weighted by atomic mass is 9.90. The largest absolute Gasteiger partial charge is 0.386 e. The molecule has 0 saturated carbocycles. The van der Waals surface area contributed by atoms with Gasteiger partial charge in [0.15, 0.2) is 0 Å². The molecule has 1 aromatic heterocycles. The summed E-state index contributed by atoms with van der Waals surface area (Å²) in [7, 11) is 1.58. The first-order valence-corrected chi connectivity index (χ1v) is 12.5. The summed E-state index contributed by atoms with van der Waals surface area (Å²) in [6.07, 6.45) is 9.93. The Balaban J connectivity index is 2.29. The molecule has 0 aliphatic carbocycles. The molecule has 9 heteroatoms. The number of nitrogens with one attached hydrogen (secondary N) is 1. The third-order valence-corrected chi connectivity index (χ3v) is 6.77. The summed E-state index contributed by atoms with van der Waals surface area (Å²) in [6.45, 7) is 3.79. The van der Waals surface area contributed by atoms with Crippen molar-refractivity contribution in [3.8, 4) is 0 Å². The fraction of sp³-hybridized carbons (Fsp3) is 0.619. The van der Waals surface area contributed by atoms with Gasteiger partial charge in [-0.2, -0.15) is 0 Å². The number of carbonyl (C=O) groups is 1. The Morgan fingerprint density at radius 2 is 1.93 bits per heavy atom. The van der Waals surface area contributed by atoms with Crippen LogP contribution >= 0.6 is 57.7 Å². The molecule has 0 spiro atoms. The van der Waals surface area contributed by atoms with Gasteiger partial charge in [-0.25, -0.2) is 4.98 Å². The summed E-state index contributed by atoms with van der Waals surface area (Å²) < 4.78 is 0.225. The molecular formula is C21H30Cl4N2O2S. The second-order valence-corrected chi connectivity index (χ2v) is 10.5. The molecule has 3 atom stereocenters. The van der Waals surface area contributed by atoms with Crippen molar-refractivity contribution in [3.63, 3.8) is 0 Å². The molecule has 1 rings (SSSR count). The van der Waals surface area contributed by atoms with E-state index in [0.717, 1.165) is 37.1 Å². The minimum absolute atomic E-state index is 0.0515. The van der Waals surface area contributed by atoms with E-state index < -0.39 is 5.60 Å². The van der Waals surface area contributed by atoms with Gasteiger partial charge >= 0.3 is 0 Å². The third kappa shape index (κ3) is 11.4. The number of halogens is 4. The average molecular weight is 516 g/mol. The van der Waals surface area contributed by atoms with E-state index >= 15 is 0 Å². The van der Waals surface area contributed by atoms with Crippen molar-refractivity contribution in [2.45, 2.75) is 74.1 Å². The molecule has 0 fully saturated rings. The Bertz CT molecular complexity index is 694. The molecule has 30 heavy (non-hydrogen) atoms. The van der Waals surface area contributed by atoms with Crippen LogP contribution in [0.15, 0.2) is 28.6 Å². The van der Waals surface area contributed by atoms with Crippen LogP contribution in [0.5, 0.6) is 0 Å². The first kappa shape index (κ1) is 27.7. The lowest BCUT2D eigenvalue weighted by Gasteiger charge is -2.25. The van der Waals surface area contributed by atoms with E-state index in [4.69, 9.17) is 46.4 Å². The molecule has 2 N–H and O–H groups in total. The fourth-order valence-electron chi connectivity index (χ4n) is 3.02. The van der Waals surface area contributed by atoms with Gasteiger partial charge in [0.25, 0.3) is 5.91 Å². The fourth-order valence-corrected chi connectivity index (χ4v) is 4.69. The average Bonchev–Trinajstić information content (AvgIpc) is 3.17. The van der Waals surface area contributed by atoms with Crippen LogP contribution in [0.25, 0.3) is 0 Å². The minimum Gasteiger partial charge on any atom is -0.386 e. The lowest BCUT2D eigenvalue weighted by Crippen LogP contribution is -2.25. The van der Waals surface area contributed by atoms with Crippen LogP contribution in [0.1, 0.15) is 66.9 Å². The van der Waals surface area contributed by atoms with Gasteiger partial charge in [0.1, 0.15) is 10.2 Å². The molecule has 0 radical (unpaired) electrons. The summed E-state index contributed by atoms with van der Waals surface area (Å²) in [5, 5.41) is 15.8. The number of hydrogen-bond acceptors (Lipinski definition) is 4. The van der Waals surface area contributed by atoms with Crippen molar-refractivity contribution in [2.75, 3.05) is 7.05 Å². The van der Waals surface area contributed by atoms with Crippen LogP contribution in [0.3, 0.4) is 0 Å². The second-order valence-electron chi connectivity index (χ2n) is 7.28. The Kier molecular flexibility index (Phi) is 13.6. The summed E-state index contributed by atoms with van der Waals surface area (Å²) in [4.78, 5) is 15.9. The Morgan fingerprint density at radius 3 is 2.57 bits per heavy atom. The summed E-state index contributed by atoms with van der Waals surface area (Å²) in [5.41, 5.74) is -0.464. The number of aromatic nitrogens is 1. The monoisotopic (exact) mass is 514 g/mol. The van der Waals surface area contributed by atoms with Gasteiger partial charge in [-0.1, -0.05) is 48.2 Å². The van der Waals surface area contributed by atoms with Gasteiger partial charge in [0.2, 0.25) is 0 Å². The summed E-state index contributed by atoms with van der Waals surface area (Å²) >= 11 is 25.3. The first-order chi connectivity index (χ1) is 14.2. The van der Waals surface area contributed by atoms with Gasteiger partial charge in [0.05, 0.1) is 10.6 Å². The third-order valence-electron chi connectivity index (χ3n) is 4.82. The van der Waals surface area contributed by atoms with Crippen molar-refractivity contribution in [3.05, 3.63) is 39.3 Å². The predicted molar refractivity (Wildman–Crippen MR) is 130 cm³/mol. The van der Waals surface area contributed by atoms with Crippen molar-refractivity contribution >= 4 is 63.6 Å². The Hall–Kier alpha value is -0.300. The maximum absolute atomic E-state index is 11.6. The first-order valence-electron chi connectivity index (χ1n) is 10.0. The molecule has 0 aliphatic heterocycles. The summed E-state index contributed by atoms with van der Waals surface area (Å²) in [5.74, 6) is -0.188. The van der Waals surface area contributed by atoms with Crippen molar-refractivity contribution in [2.24, 2.45) is 0 Å². The highest BCUT2D eigenvalue weighted by Crippen LogP contribution is 2.26. The lowest BCUT2D eigenvalue weighted by molar-refractivity contribution is 0.0668. The molecule has 170 valence electrons. The zero-order valence-corrected chi connectivity index (χ0v) is 21.0. The topological polar surface area (TPSA) is 62.2 Å². The minimum atomic E-state index is -0.893.